The SMILES string of the molecule is CC(=O)O[C@H]1[C@H](N2CCCC2=O)c2c(c3ccccc3n(Cc3ccccc3)c2=O)OC1(C)C. The quantitative estimate of drug-likeness (QED) is 0.553. The summed E-state index contributed by atoms with van der Waals surface area (Å²) in [6.45, 7) is 5.88. The van der Waals surface area contributed by atoms with Gasteiger partial charge in [0.15, 0.2) is 6.10 Å². The van der Waals surface area contributed by atoms with E-state index in [0.717, 1.165) is 16.5 Å². The molecule has 0 N–H and O–H groups in total. The standard InChI is InChI=1S/C27H28N2O5/c1-17(30)33-25-23(28-15-9-14-21(28)31)22-24(34-27(25,2)3)19-12-7-8-13-20(19)29(26(22)32)16-18-10-5-4-6-11-18/h4-8,10-13,23,25H,9,14-16H2,1-3H3/t23-,25+/m1/s1. The number of nitrogens with zero attached hydrogens (tertiary/aromatic N) is 2. The molecule has 0 bridgehead atoms. The maximum atomic E-state index is 14.2. The second-order valence-corrected chi connectivity index (χ2v) is 9.51. The van der Waals surface area contributed by atoms with Gasteiger partial charge in [0.05, 0.1) is 17.6 Å². The second kappa shape index (κ2) is 8.31. The fraction of sp³-hybridized carbons (Fsp3) is 0.370. The number of fused-ring (bicyclic) bond motifs is 3. The van der Waals surface area contributed by atoms with Crippen molar-refractivity contribution in [2.24, 2.45) is 0 Å². The van der Waals surface area contributed by atoms with E-state index >= 15 is 0 Å². The fourth-order valence-electron chi connectivity index (χ4n) is 5.21. The van der Waals surface area contributed by atoms with Crippen molar-refractivity contribution in [2.75, 3.05) is 6.54 Å². The van der Waals surface area contributed by atoms with Crippen LogP contribution in [-0.2, 0) is 20.9 Å². The van der Waals surface area contributed by atoms with E-state index in [1.165, 1.54) is 6.92 Å². The van der Waals surface area contributed by atoms with E-state index in [1.54, 1.807) is 9.47 Å². The average Bonchev–Trinajstić information content (AvgIpc) is 3.23. The van der Waals surface area contributed by atoms with Crippen molar-refractivity contribution in [3.63, 3.8) is 0 Å². The Morgan fingerprint density at radius 3 is 2.47 bits per heavy atom. The zero-order valence-electron chi connectivity index (χ0n) is 19.6. The van der Waals surface area contributed by atoms with Gasteiger partial charge in [-0.1, -0.05) is 42.5 Å². The fourth-order valence-corrected chi connectivity index (χ4v) is 5.21. The Hall–Kier alpha value is -3.61. The zero-order chi connectivity index (χ0) is 24.0. The van der Waals surface area contributed by atoms with E-state index in [-0.39, 0.29) is 11.5 Å². The number of benzene rings is 2. The lowest BCUT2D eigenvalue weighted by Gasteiger charge is -2.46. The van der Waals surface area contributed by atoms with Crippen LogP contribution >= 0.6 is 0 Å². The number of carbonyl (C=O) groups excluding carboxylic acids is 2. The minimum atomic E-state index is -0.951. The normalized spacial score (nSPS) is 21.3. The smallest absolute Gasteiger partial charge is 0.303 e. The first kappa shape index (κ1) is 22.2. The van der Waals surface area contributed by atoms with Gasteiger partial charge in [0, 0.05) is 25.3 Å². The lowest BCUT2D eigenvalue weighted by molar-refractivity contribution is -0.171. The Labute approximate surface area is 197 Å². The number of aromatic nitrogens is 1. The zero-order valence-corrected chi connectivity index (χ0v) is 19.6. The third-order valence-electron chi connectivity index (χ3n) is 6.71. The van der Waals surface area contributed by atoms with Crippen LogP contribution in [0.5, 0.6) is 5.75 Å². The van der Waals surface area contributed by atoms with Crippen molar-refractivity contribution >= 4 is 22.8 Å². The number of para-hydroxylation sites is 1. The molecule has 3 aromatic rings. The summed E-state index contributed by atoms with van der Waals surface area (Å²) in [6, 6.07) is 16.7. The molecule has 7 heteroatoms. The molecule has 0 unspecified atom stereocenters. The molecule has 2 aliphatic heterocycles. The van der Waals surface area contributed by atoms with Crippen molar-refractivity contribution < 1.29 is 19.1 Å². The molecular formula is C27H28N2O5. The van der Waals surface area contributed by atoms with Gasteiger partial charge in [0.25, 0.3) is 5.56 Å². The number of amides is 1. The van der Waals surface area contributed by atoms with Gasteiger partial charge < -0.3 is 18.9 Å². The van der Waals surface area contributed by atoms with Gasteiger partial charge >= 0.3 is 5.97 Å². The third kappa shape index (κ3) is 3.65. The van der Waals surface area contributed by atoms with Crippen LogP contribution in [0.3, 0.4) is 0 Å². The molecule has 3 heterocycles. The molecule has 176 valence electrons. The summed E-state index contributed by atoms with van der Waals surface area (Å²) in [6.07, 6.45) is 0.287. The molecular weight excluding hydrogens is 432 g/mol. The number of ether oxygens (including phenoxy) is 2. The second-order valence-electron chi connectivity index (χ2n) is 9.51. The summed E-state index contributed by atoms with van der Waals surface area (Å²) in [5.41, 5.74) is 0.915. The van der Waals surface area contributed by atoms with Crippen molar-refractivity contribution in [1.29, 1.82) is 0 Å². The molecule has 0 radical (unpaired) electrons. The highest BCUT2D eigenvalue weighted by Gasteiger charge is 2.52. The van der Waals surface area contributed by atoms with E-state index in [2.05, 4.69) is 0 Å². The Morgan fingerprint density at radius 1 is 1.09 bits per heavy atom. The van der Waals surface area contributed by atoms with Gasteiger partial charge in [-0.25, -0.2) is 0 Å². The van der Waals surface area contributed by atoms with Gasteiger partial charge in [-0.3, -0.25) is 14.4 Å². The van der Waals surface area contributed by atoms with Crippen LogP contribution in [0.25, 0.3) is 10.9 Å². The number of rotatable bonds is 4. The van der Waals surface area contributed by atoms with Gasteiger partial charge in [0.1, 0.15) is 17.4 Å². The number of carbonyl (C=O) groups is 2. The molecule has 2 atom stereocenters. The summed E-state index contributed by atoms with van der Waals surface area (Å²) in [5.74, 6) is -0.0665. The predicted octanol–water partition coefficient (Wildman–Crippen LogP) is 3.82. The van der Waals surface area contributed by atoms with Crippen LogP contribution in [0.4, 0.5) is 0 Å². The molecule has 1 saturated heterocycles. The topological polar surface area (TPSA) is 77.8 Å². The van der Waals surface area contributed by atoms with E-state index in [0.29, 0.717) is 37.2 Å². The molecule has 0 spiro atoms. The Kier molecular flexibility index (Phi) is 5.42. The van der Waals surface area contributed by atoms with Crippen molar-refractivity contribution in [3.05, 3.63) is 76.1 Å². The lowest BCUT2D eigenvalue weighted by Crippen LogP contribution is -2.57. The van der Waals surface area contributed by atoms with Crippen LogP contribution in [-0.4, -0.2) is 39.6 Å². The van der Waals surface area contributed by atoms with Gasteiger partial charge in [-0.05, 0) is 38.0 Å². The first-order valence-corrected chi connectivity index (χ1v) is 11.6. The monoisotopic (exact) mass is 460 g/mol. The van der Waals surface area contributed by atoms with E-state index in [4.69, 9.17) is 9.47 Å². The summed E-state index contributed by atoms with van der Waals surface area (Å²) in [4.78, 5) is 40.9. The summed E-state index contributed by atoms with van der Waals surface area (Å²) < 4.78 is 13.9. The number of esters is 1. The highest BCUT2D eigenvalue weighted by atomic mass is 16.6. The Bertz CT molecular complexity index is 1330. The largest absolute Gasteiger partial charge is 0.483 e. The maximum Gasteiger partial charge on any atom is 0.303 e. The van der Waals surface area contributed by atoms with Crippen LogP contribution in [0, 0.1) is 0 Å². The van der Waals surface area contributed by atoms with E-state index < -0.39 is 23.7 Å². The Balaban J connectivity index is 1.80. The van der Waals surface area contributed by atoms with Gasteiger partial charge in [-0.2, -0.15) is 0 Å². The molecule has 5 rings (SSSR count). The molecule has 2 aromatic carbocycles. The van der Waals surface area contributed by atoms with Crippen molar-refractivity contribution in [1.82, 2.24) is 9.47 Å². The van der Waals surface area contributed by atoms with Crippen LogP contribution in [0.15, 0.2) is 59.4 Å². The van der Waals surface area contributed by atoms with Gasteiger partial charge in [0.2, 0.25) is 5.91 Å². The molecule has 7 nitrogen and oxygen atoms in total. The number of hydrogen-bond acceptors (Lipinski definition) is 5. The maximum absolute atomic E-state index is 14.2. The molecule has 34 heavy (non-hydrogen) atoms. The molecule has 1 amide bonds. The predicted molar refractivity (Wildman–Crippen MR) is 128 cm³/mol. The van der Waals surface area contributed by atoms with E-state index in [9.17, 15) is 14.4 Å². The third-order valence-corrected chi connectivity index (χ3v) is 6.71. The van der Waals surface area contributed by atoms with Crippen molar-refractivity contribution in [2.45, 2.75) is 57.9 Å². The molecule has 1 aromatic heterocycles. The molecule has 2 aliphatic rings. The minimum Gasteiger partial charge on any atom is -0.483 e. The molecule has 1 fully saturated rings. The first-order valence-electron chi connectivity index (χ1n) is 11.6. The first-order chi connectivity index (χ1) is 16.3. The average molecular weight is 461 g/mol. The highest BCUT2D eigenvalue weighted by Crippen LogP contribution is 2.46. The van der Waals surface area contributed by atoms with Crippen LogP contribution in [0.2, 0.25) is 0 Å². The molecule has 0 aliphatic carbocycles. The number of likely N-dealkylation sites (tertiary alicyclic amines) is 1. The molecule has 0 saturated carbocycles. The lowest BCUT2D eigenvalue weighted by atomic mass is 9.85. The summed E-state index contributed by atoms with van der Waals surface area (Å²) in [5, 5.41) is 0.791. The Morgan fingerprint density at radius 2 is 1.79 bits per heavy atom. The van der Waals surface area contributed by atoms with Crippen molar-refractivity contribution in [3.8, 4) is 5.75 Å². The van der Waals surface area contributed by atoms with Crippen LogP contribution < -0.4 is 10.3 Å². The summed E-state index contributed by atoms with van der Waals surface area (Å²) >= 11 is 0. The summed E-state index contributed by atoms with van der Waals surface area (Å²) in [7, 11) is 0. The number of pyridine rings is 1. The highest BCUT2D eigenvalue weighted by molar-refractivity contribution is 5.88. The van der Waals surface area contributed by atoms with Gasteiger partial charge in [-0.15, -0.1) is 0 Å². The minimum absolute atomic E-state index is 0.0482. The van der Waals surface area contributed by atoms with E-state index in [1.807, 2.05) is 68.4 Å². The van der Waals surface area contributed by atoms with Crippen LogP contribution in [0.1, 0.15) is 50.8 Å². The number of hydrogen-bond donors (Lipinski definition) is 0.